The fourth-order valence-corrected chi connectivity index (χ4v) is 4.67. The van der Waals surface area contributed by atoms with E-state index < -0.39 is 5.97 Å². The second-order valence-electron chi connectivity index (χ2n) is 10.4. The minimum Gasteiger partial charge on any atom is -0.494 e. The number of halogens is 1. The summed E-state index contributed by atoms with van der Waals surface area (Å²) in [5.41, 5.74) is 2.88. The van der Waals surface area contributed by atoms with E-state index in [1.54, 1.807) is 30.3 Å². The Balaban J connectivity index is 1.44. The molecule has 0 aromatic heterocycles. The number of aryl methyl sites for hydroxylation is 1. The maximum absolute atomic E-state index is 14.7. The highest BCUT2D eigenvalue weighted by molar-refractivity contribution is 5.91. The van der Waals surface area contributed by atoms with Gasteiger partial charge in [0, 0.05) is 0 Å². The van der Waals surface area contributed by atoms with Gasteiger partial charge in [-0.25, -0.2) is 9.18 Å². The van der Waals surface area contributed by atoms with Crippen LogP contribution in [-0.4, -0.2) is 12.6 Å². The van der Waals surface area contributed by atoms with Gasteiger partial charge in [0.15, 0.2) is 0 Å². The first kappa shape index (κ1) is 30.4. The second-order valence-corrected chi connectivity index (χ2v) is 10.4. The van der Waals surface area contributed by atoms with Crippen LogP contribution in [-0.2, 0) is 6.42 Å². The molecule has 0 unspecified atom stereocenters. The van der Waals surface area contributed by atoms with Crippen molar-refractivity contribution in [1.82, 2.24) is 0 Å². The number of ether oxygens (including phenoxy) is 2. The molecule has 0 fully saturated rings. The zero-order valence-electron chi connectivity index (χ0n) is 23.9. The molecular formula is C35H45FO3. The third-order valence-electron chi connectivity index (χ3n) is 7.11. The van der Waals surface area contributed by atoms with Gasteiger partial charge in [-0.05, 0) is 78.4 Å². The van der Waals surface area contributed by atoms with Crippen LogP contribution in [0.2, 0.25) is 0 Å². The smallest absolute Gasteiger partial charge is 0.343 e. The minimum atomic E-state index is -0.428. The quantitative estimate of drug-likeness (QED) is 0.0928. The van der Waals surface area contributed by atoms with Crippen LogP contribution < -0.4 is 9.47 Å². The third-order valence-corrected chi connectivity index (χ3v) is 7.11. The Kier molecular flexibility index (Phi) is 13.6. The number of rotatable bonds is 18. The van der Waals surface area contributed by atoms with E-state index in [4.69, 9.17) is 9.47 Å². The van der Waals surface area contributed by atoms with Crippen LogP contribution in [0, 0.1) is 5.82 Å². The molecule has 0 radical (unpaired) electrons. The summed E-state index contributed by atoms with van der Waals surface area (Å²) in [4.78, 5) is 12.6. The van der Waals surface area contributed by atoms with Crippen LogP contribution in [0.3, 0.4) is 0 Å². The van der Waals surface area contributed by atoms with Crippen molar-refractivity contribution in [2.75, 3.05) is 6.61 Å². The average molecular weight is 533 g/mol. The van der Waals surface area contributed by atoms with Gasteiger partial charge in [-0.15, -0.1) is 0 Å². The lowest BCUT2D eigenvalue weighted by Crippen LogP contribution is -2.08. The summed E-state index contributed by atoms with van der Waals surface area (Å²) < 4.78 is 26.0. The Morgan fingerprint density at radius 3 is 1.85 bits per heavy atom. The minimum absolute atomic E-state index is 0.165. The first-order valence-corrected chi connectivity index (χ1v) is 14.9. The molecule has 0 bridgehead atoms. The monoisotopic (exact) mass is 532 g/mol. The second kappa shape index (κ2) is 17.4. The molecule has 0 aliphatic heterocycles. The van der Waals surface area contributed by atoms with E-state index in [1.807, 2.05) is 36.4 Å². The molecule has 0 amide bonds. The molecule has 3 aromatic carbocycles. The van der Waals surface area contributed by atoms with Crippen LogP contribution in [0.15, 0.2) is 66.7 Å². The van der Waals surface area contributed by atoms with Gasteiger partial charge in [0.2, 0.25) is 0 Å². The molecule has 3 aromatic rings. The van der Waals surface area contributed by atoms with Crippen molar-refractivity contribution in [3.63, 3.8) is 0 Å². The Bertz CT molecular complexity index is 1110. The fraction of sp³-hybridized carbons (Fsp3) is 0.457. The number of carbonyl (C=O) groups excluding carboxylic acids is 1. The molecule has 3 nitrogen and oxygen atoms in total. The topological polar surface area (TPSA) is 35.5 Å². The molecule has 0 aliphatic carbocycles. The molecule has 0 heterocycles. The average Bonchev–Trinajstić information content (AvgIpc) is 2.96. The normalized spacial score (nSPS) is 10.9. The summed E-state index contributed by atoms with van der Waals surface area (Å²) in [6.07, 6.45) is 15.3. The van der Waals surface area contributed by atoms with Crippen molar-refractivity contribution in [3.05, 3.63) is 83.7 Å². The number of esters is 1. The zero-order chi connectivity index (χ0) is 27.7. The lowest BCUT2D eigenvalue weighted by Gasteiger charge is -2.09. The Morgan fingerprint density at radius 1 is 0.641 bits per heavy atom. The molecule has 39 heavy (non-hydrogen) atoms. The maximum Gasteiger partial charge on any atom is 0.343 e. The predicted octanol–water partition coefficient (Wildman–Crippen LogP) is 10.4. The van der Waals surface area contributed by atoms with Gasteiger partial charge in [-0.3, -0.25) is 0 Å². The van der Waals surface area contributed by atoms with Gasteiger partial charge in [-0.2, -0.15) is 0 Å². The summed E-state index contributed by atoms with van der Waals surface area (Å²) in [6.45, 7) is 5.13. The zero-order valence-corrected chi connectivity index (χ0v) is 23.9. The number of benzene rings is 3. The summed E-state index contributed by atoms with van der Waals surface area (Å²) in [7, 11) is 0. The van der Waals surface area contributed by atoms with Crippen LogP contribution in [0.5, 0.6) is 11.5 Å². The number of carbonyl (C=O) groups is 1. The predicted molar refractivity (Wildman–Crippen MR) is 159 cm³/mol. The van der Waals surface area contributed by atoms with E-state index in [0.717, 1.165) is 48.1 Å². The number of hydrogen-bond donors (Lipinski definition) is 0. The molecule has 210 valence electrons. The van der Waals surface area contributed by atoms with Crippen molar-refractivity contribution < 1.29 is 18.7 Å². The van der Waals surface area contributed by atoms with Crippen LogP contribution in [0.25, 0.3) is 11.1 Å². The third kappa shape index (κ3) is 10.9. The van der Waals surface area contributed by atoms with E-state index >= 15 is 0 Å². The van der Waals surface area contributed by atoms with Gasteiger partial charge < -0.3 is 9.47 Å². The standard InChI is InChI=1S/C35H45FO3/c1-3-5-7-9-10-12-14-26-38-32-22-24-33(25-23-32)39-35(37)30-19-16-28(17-20-30)31-21-18-29(34(36)27-31)15-13-11-8-6-4-2/h16-25,27H,3-15,26H2,1-2H3. The van der Waals surface area contributed by atoms with Crippen LogP contribution >= 0.6 is 0 Å². The number of unbranched alkanes of at least 4 members (excludes halogenated alkanes) is 10. The van der Waals surface area contributed by atoms with Gasteiger partial charge in [0.25, 0.3) is 0 Å². The highest BCUT2D eigenvalue weighted by atomic mass is 19.1. The Morgan fingerprint density at radius 2 is 1.21 bits per heavy atom. The van der Waals surface area contributed by atoms with E-state index in [2.05, 4.69) is 13.8 Å². The molecular weight excluding hydrogens is 487 g/mol. The van der Waals surface area contributed by atoms with Gasteiger partial charge >= 0.3 is 5.97 Å². The first-order chi connectivity index (χ1) is 19.1. The summed E-state index contributed by atoms with van der Waals surface area (Å²) >= 11 is 0. The summed E-state index contributed by atoms with van der Waals surface area (Å²) in [6, 6.07) is 19.7. The Labute approximate surface area is 234 Å². The van der Waals surface area contributed by atoms with Crippen molar-refractivity contribution in [3.8, 4) is 22.6 Å². The van der Waals surface area contributed by atoms with E-state index in [-0.39, 0.29) is 5.82 Å². The molecule has 0 aliphatic rings. The largest absolute Gasteiger partial charge is 0.494 e. The fourth-order valence-electron chi connectivity index (χ4n) is 4.67. The van der Waals surface area contributed by atoms with E-state index in [9.17, 15) is 9.18 Å². The van der Waals surface area contributed by atoms with Gasteiger partial charge in [-0.1, -0.05) is 102 Å². The molecule has 0 saturated heterocycles. The number of hydrogen-bond acceptors (Lipinski definition) is 3. The lowest BCUT2D eigenvalue weighted by molar-refractivity contribution is 0.0734. The molecule has 3 rings (SSSR count). The molecule has 0 saturated carbocycles. The van der Waals surface area contributed by atoms with Crippen molar-refractivity contribution in [1.29, 1.82) is 0 Å². The summed E-state index contributed by atoms with van der Waals surface area (Å²) in [5, 5.41) is 0. The molecule has 0 atom stereocenters. The summed E-state index contributed by atoms with van der Waals surface area (Å²) in [5.74, 6) is 0.656. The van der Waals surface area contributed by atoms with Crippen molar-refractivity contribution in [2.24, 2.45) is 0 Å². The van der Waals surface area contributed by atoms with Crippen molar-refractivity contribution in [2.45, 2.75) is 97.3 Å². The van der Waals surface area contributed by atoms with Crippen molar-refractivity contribution >= 4 is 5.97 Å². The Hall–Kier alpha value is -3.14. The first-order valence-electron chi connectivity index (χ1n) is 14.9. The maximum atomic E-state index is 14.7. The van der Waals surface area contributed by atoms with Crippen LogP contribution in [0.1, 0.15) is 107 Å². The molecule has 4 heteroatoms. The highest BCUT2D eigenvalue weighted by Crippen LogP contribution is 2.25. The lowest BCUT2D eigenvalue weighted by atomic mass is 9.99. The van der Waals surface area contributed by atoms with Gasteiger partial charge in [0.05, 0.1) is 12.2 Å². The molecule has 0 spiro atoms. The van der Waals surface area contributed by atoms with E-state index in [0.29, 0.717) is 17.9 Å². The SMILES string of the molecule is CCCCCCCCCOc1ccc(OC(=O)c2ccc(-c3ccc(CCCCCCC)c(F)c3)cc2)cc1. The molecule has 0 N–H and O–H groups in total. The van der Waals surface area contributed by atoms with E-state index in [1.165, 1.54) is 57.8 Å². The van der Waals surface area contributed by atoms with Crippen LogP contribution in [0.4, 0.5) is 4.39 Å². The van der Waals surface area contributed by atoms with Gasteiger partial charge in [0.1, 0.15) is 17.3 Å². The highest BCUT2D eigenvalue weighted by Gasteiger charge is 2.11.